The molecular formula is C78H103N17O18S2. The molecule has 37 heteroatoms. The van der Waals surface area contributed by atoms with Gasteiger partial charge in [-0.15, -0.1) is 0 Å². The van der Waals surface area contributed by atoms with Crippen LogP contribution in [0.4, 0.5) is 0 Å². The van der Waals surface area contributed by atoms with E-state index in [2.05, 4.69) is 78.4 Å². The van der Waals surface area contributed by atoms with Crippen LogP contribution in [-0.4, -0.2) is 213 Å². The van der Waals surface area contributed by atoms with Crippen LogP contribution in [0.15, 0.2) is 110 Å². The molecule has 0 fully saturated rings. The molecule has 0 aliphatic carbocycles. The number of hydrogen-bond donors (Lipinski definition) is 19. The molecule has 2 bridgehead atoms. The van der Waals surface area contributed by atoms with Crippen molar-refractivity contribution in [3.8, 4) is 5.75 Å². The fourth-order valence-corrected chi connectivity index (χ4v) is 14.3. The van der Waals surface area contributed by atoms with Gasteiger partial charge in [-0.1, -0.05) is 96.0 Å². The van der Waals surface area contributed by atoms with E-state index in [-0.39, 0.29) is 86.3 Å². The van der Waals surface area contributed by atoms with E-state index in [1.807, 2.05) is 24.3 Å². The summed E-state index contributed by atoms with van der Waals surface area (Å²) in [5.41, 5.74) is 14.0. The minimum atomic E-state index is -1.92. The number of aromatic nitrogens is 4. The van der Waals surface area contributed by atoms with Crippen LogP contribution in [0.5, 0.6) is 5.75 Å². The maximum Gasteiger partial charge on any atom is 0.303 e. The number of pyridine rings is 1. The number of phenols is 1. The van der Waals surface area contributed by atoms with Crippen molar-refractivity contribution < 1.29 is 87.5 Å². The Hall–Kier alpha value is -11.4. The third-order valence-electron chi connectivity index (χ3n) is 18.7. The number of nitrogens with two attached hydrogens (primary N) is 2. The van der Waals surface area contributed by atoms with Crippen LogP contribution >= 0.6 is 23.5 Å². The van der Waals surface area contributed by atoms with Gasteiger partial charge in [0.2, 0.25) is 76.8 Å². The lowest BCUT2D eigenvalue weighted by Gasteiger charge is -2.32. The van der Waals surface area contributed by atoms with E-state index in [0.717, 1.165) is 11.1 Å². The first-order valence-electron chi connectivity index (χ1n) is 37.6. The number of H-pyrrole nitrogens is 2. The van der Waals surface area contributed by atoms with E-state index in [0.29, 0.717) is 39.2 Å². The third-order valence-corrected chi connectivity index (χ3v) is 20.9. The molecule has 6 aromatic rings. The number of benzene rings is 3. The number of nitrogens with one attached hydrogen (secondary N) is 13. The van der Waals surface area contributed by atoms with Gasteiger partial charge in [0.25, 0.3) is 0 Å². The largest absolute Gasteiger partial charge is 0.508 e. The molecule has 0 saturated heterocycles. The molecule has 0 unspecified atom stereocenters. The molecule has 3 aromatic carbocycles. The van der Waals surface area contributed by atoms with Gasteiger partial charge in [-0.05, 0) is 103 Å². The number of aromatic hydroxyl groups is 1. The first kappa shape index (κ1) is 90.7. The van der Waals surface area contributed by atoms with Gasteiger partial charge < -0.3 is 100 Å². The summed E-state index contributed by atoms with van der Waals surface area (Å²) in [6, 6.07) is 4.48. The zero-order valence-electron chi connectivity index (χ0n) is 64.9. The highest BCUT2D eigenvalue weighted by Crippen LogP contribution is 2.24. The van der Waals surface area contributed by atoms with Crippen molar-refractivity contribution >= 4 is 117 Å². The topological polar surface area (TPSA) is 562 Å². The Morgan fingerprint density at radius 1 is 0.548 bits per heavy atom. The maximum atomic E-state index is 15.1. The van der Waals surface area contributed by atoms with Crippen molar-refractivity contribution in [1.82, 2.24) is 78.4 Å². The molecule has 1 aliphatic rings. The Kier molecular flexibility index (Phi) is 34.5. The molecule has 13 atom stereocenters. The van der Waals surface area contributed by atoms with Crippen LogP contribution in [0.3, 0.4) is 0 Å². The number of fused-ring (bicyclic) bond motifs is 3. The predicted molar refractivity (Wildman–Crippen MR) is 426 cm³/mol. The Balaban J connectivity index is 1.26. The number of primary amides is 2. The lowest BCUT2D eigenvalue weighted by Crippen LogP contribution is -2.63. The number of aliphatic hydroxyl groups excluding tert-OH is 2. The van der Waals surface area contributed by atoms with Crippen molar-refractivity contribution in [1.29, 1.82) is 0 Å². The average Bonchev–Trinajstić information content (AvgIpc) is 1.74. The number of aromatic amines is 2. The smallest absolute Gasteiger partial charge is 0.303 e. The number of nitrogens with zero attached hydrogens (tertiary/aromatic N) is 2. The third kappa shape index (κ3) is 28.3. The molecule has 0 saturated carbocycles. The summed E-state index contributed by atoms with van der Waals surface area (Å²) in [7, 11) is 0. The van der Waals surface area contributed by atoms with Crippen LogP contribution in [0.25, 0.3) is 11.0 Å². The van der Waals surface area contributed by atoms with E-state index in [4.69, 9.17) is 11.5 Å². The van der Waals surface area contributed by atoms with E-state index >= 15 is 9.59 Å². The van der Waals surface area contributed by atoms with Gasteiger partial charge in [-0.2, -0.15) is 23.5 Å². The highest BCUT2D eigenvalue weighted by atomic mass is 32.2. The average molecular weight is 1630 g/mol. The molecule has 13 amide bonds. The number of carboxylic acids is 1. The second-order valence-corrected chi connectivity index (χ2v) is 31.3. The van der Waals surface area contributed by atoms with Crippen molar-refractivity contribution in [3.63, 3.8) is 0 Å². The van der Waals surface area contributed by atoms with E-state index in [1.165, 1.54) is 111 Å². The van der Waals surface area contributed by atoms with Crippen molar-refractivity contribution in [2.45, 2.75) is 209 Å². The standard InChI is InChI=1S/C78H103N17O18S2/c1-8-12-52-68(104)87-54(25-26-61(100)101)69(105)88-55(32-44-19-23-50(98)24-20-44)71(107)86-53(13-9-2)70(106)94-63(42(4)97)76(112)92-59(66(80)103)39-115-38-46-15-10-14-45(30-46)37-114-29-27-60(99)93-64(78(5,6)7)77(113)91-56(31-43-17-21-47(22-18-43)65(79)102)72(108)89-58(34-49-36-81-40-84-49)74(110)95-62(41(3)96)75(111)90-57(73(109)85-52)33-48-35-83-67-51(48)16-11-28-82-67/h10-11,14-24,28,30,35-36,40-42,52-59,62-64,96-98H,8-9,12-13,25-27,29,31-34,37-39H2,1-7H3,(H2,79,102)(H2,80,103)(H,81,84)(H,82,83)(H,85,109)(H,86,107)(H,87,104)(H,88,105)(H,89,108)(H,90,111)(H,91,113)(H,92,112)(H,93,99)(H,94,106)(H,95,110)(H,100,101)/t41-,42-,52+,53+,54+,55+,56+,57+,58+,59+,62+,63+,64-/m1/s1. The predicted octanol–water partition coefficient (Wildman–Crippen LogP) is 0.0222. The highest BCUT2D eigenvalue weighted by Gasteiger charge is 2.40. The van der Waals surface area contributed by atoms with Gasteiger partial charge in [-0.3, -0.25) is 67.1 Å². The van der Waals surface area contributed by atoms with E-state index in [1.54, 1.807) is 46.8 Å². The first-order chi connectivity index (χ1) is 54.6. The fourth-order valence-electron chi connectivity index (χ4n) is 12.4. The molecule has 620 valence electrons. The number of carbonyl (C=O) groups excluding carboxylic acids is 13. The molecule has 0 radical (unpaired) electrons. The Bertz CT molecular complexity index is 4390. The summed E-state index contributed by atoms with van der Waals surface area (Å²) in [4.78, 5) is 213. The summed E-state index contributed by atoms with van der Waals surface area (Å²) < 4.78 is 0. The number of phenolic OH excluding ortho intramolecular Hbond substituents is 1. The Labute approximate surface area is 672 Å². The minimum absolute atomic E-state index is 0.0565. The van der Waals surface area contributed by atoms with Gasteiger partial charge in [0.05, 0.1) is 18.5 Å². The van der Waals surface area contributed by atoms with Crippen LogP contribution in [0.2, 0.25) is 0 Å². The van der Waals surface area contributed by atoms with Crippen LogP contribution in [0, 0.1) is 5.41 Å². The van der Waals surface area contributed by atoms with E-state index < -0.39 is 180 Å². The van der Waals surface area contributed by atoms with Gasteiger partial charge in [0.1, 0.15) is 77.9 Å². The van der Waals surface area contributed by atoms with Gasteiger partial charge in [0, 0.05) is 96.8 Å². The lowest BCUT2D eigenvalue weighted by molar-refractivity contribution is -0.139. The molecule has 115 heavy (non-hydrogen) atoms. The summed E-state index contributed by atoms with van der Waals surface area (Å²) in [6.07, 6.45) is -0.179. The van der Waals surface area contributed by atoms with Crippen molar-refractivity contribution in [2.75, 3.05) is 11.5 Å². The second-order valence-electron chi connectivity index (χ2n) is 29.2. The molecule has 7 rings (SSSR count). The number of rotatable bonds is 19. The fraction of sp³-hybridized carbons (Fsp3) is 0.462. The first-order valence-corrected chi connectivity index (χ1v) is 39.9. The number of amides is 13. The number of carboxylic acid groups (broad SMARTS) is 1. The van der Waals surface area contributed by atoms with Crippen LogP contribution < -0.4 is 70.0 Å². The van der Waals surface area contributed by atoms with Crippen molar-refractivity contribution in [3.05, 3.63) is 149 Å². The number of hydrogen-bond acceptors (Lipinski definition) is 21. The van der Waals surface area contributed by atoms with Gasteiger partial charge >= 0.3 is 5.97 Å². The minimum Gasteiger partial charge on any atom is -0.508 e. The summed E-state index contributed by atoms with van der Waals surface area (Å²) >= 11 is 2.66. The number of carbonyl (C=O) groups is 14. The molecule has 4 heterocycles. The monoisotopic (exact) mass is 1630 g/mol. The maximum absolute atomic E-state index is 15.1. The quantitative estimate of drug-likeness (QED) is 0.0508. The molecule has 1 aliphatic heterocycles. The summed E-state index contributed by atoms with van der Waals surface area (Å²) in [6.45, 7) is 10.8. The zero-order chi connectivity index (χ0) is 84.2. The molecule has 21 N–H and O–H groups in total. The normalized spacial score (nSPS) is 23.3. The lowest BCUT2D eigenvalue weighted by atomic mass is 9.85. The molecule has 3 aromatic heterocycles. The molecule has 35 nitrogen and oxygen atoms in total. The summed E-state index contributed by atoms with van der Waals surface area (Å²) in [5.74, 6) is -12.9. The number of imidazole rings is 1. The van der Waals surface area contributed by atoms with E-state index in [9.17, 15) is 78.0 Å². The highest BCUT2D eigenvalue weighted by molar-refractivity contribution is 7.98. The van der Waals surface area contributed by atoms with Crippen LogP contribution in [-0.2, 0) is 99.5 Å². The van der Waals surface area contributed by atoms with Crippen molar-refractivity contribution in [2.24, 2.45) is 16.9 Å². The SMILES string of the molecule is CCC[C@@H]1NC(=O)[C@H](Cc2c[nH]c3ncccc23)NC(=O)[C@H]([C@@H](C)O)NC(=O)[C@H](Cc2cnc[nH]2)NC(=O)[C@H](Cc2ccc(C(N)=O)cc2)NC(=O)[C@H](C(C)(C)C)NC(=O)CCSCc2cccc(c2)CSC[C@@H](C(N)=O)NC(=O)[C@H]([C@@H](C)O)NC(=O)[C@H](CCC)NC(=O)[C@H](Cc2ccc(O)cc2)NC(=O)[C@H](CCC(=O)O)NC1=O. The summed E-state index contributed by atoms with van der Waals surface area (Å²) in [5, 5.41) is 71.8. The van der Waals surface area contributed by atoms with Crippen LogP contribution in [0.1, 0.15) is 137 Å². The molecule has 0 spiro atoms. The second kappa shape index (κ2) is 43.7. The van der Waals surface area contributed by atoms with Gasteiger partial charge in [-0.25, -0.2) is 9.97 Å². The Morgan fingerprint density at radius 3 is 1.54 bits per heavy atom. The molecular weight excluding hydrogens is 1530 g/mol. The zero-order valence-corrected chi connectivity index (χ0v) is 66.5. The number of thioether (sulfide) groups is 2. The Morgan fingerprint density at radius 2 is 1.03 bits per heavy atom. The number of aliphatic hydroxyl groups is 2. The number of aliphatic carboxylic acids is 1. The van der Waals surface area contributed by atoms with Gasteiger partial charge in [0.15, 0.2) is 0 Å².